The minimum Gasteiger partial charge on any atom is -0.490 e. The van der Waals surface area contributed by atoms with Crippen molar-refractivity contribution in [1.29, 1.82) is 0 Å². The number of aryl methyl sites for hydroxylation is 1. The Kier molecular flexibility index (Phi) is 7.68. The van der Waals surface area contributed by atoms with E-state index >= 15 is 0 Å². The lowest BCUT2D eigenvalue weighted by molar-refractivity contribution is -0.135. The van der Waals surface area contributed by atoms with E-state index in [9.17, 15) is 18.0 Å². The van der Waals surface area contributed by atoms with Crippen LogP contribution in [0.25, 0.3) is 11.4 Å². The maximum Gasteiger partial charge on any atom is 0.318 e. The maximum absolute atomic E-state index is 12.7. The summed E-state index contributed by atoms with van der Waals surface area (Å²) >= 11 is 0. The number of carbonyl (C=O) groups is 1. The first-order chi connectivity index (χ1) is 15.2. The van der Waals surface area contributed by atoms with E-state index in [0.29, 0.717) is 35.4 Å². The molecule has 1 aliphatic rings. The zero-order chi connectivity index (χ0) is 23.3. The van der Waals surface area contributed by atoms with E-state index in [1.54, 1.807) is 6.07 Å². The molecule has 3 N–H and O–H groups in total. The summed E-state index contributed by atoms with van der Waals surface area (Å²) in [5, 5.41) is 8.82. The van der Waals surface area contributed by atoms with Gasteiger partial charge in [0.05, 0.1) is 22.3 Å². The third-order valence-electron chi connectivity index (χ3n) is 5.57. The van der Waals surface area contributed by atoms with Crippen LogP contribution in [0.5, 0.6) is 5.75 Å². The molecule has 1 saturated carbocycles. The Morgan fingerprint density at radius 3 is 2.56 bits per heavy atom. The zero-order valence-electron chi connectivity index (χ0n) is 18.3. The number of hydrogen-bond donors (Lipinski definition) is 3. The normalized spacial score (nSPS) is 14.9. The van der Waals surface area contributed by atoms with Crippen LogP contribution >= 0.6 is 0 Å². The van der Waals surface area contributed by atoms with Crippen molar-refractivity contribution < 1.29 is 23.1 Å². The van der Waals surface area contributed by atoms with Gasteiger partial charge in [0.15, 0.2) is 0 Å². The highest BCUT2D eigenvalue weighted by Crippen LogP contribution is 2.33. The summed E-state index contributed by atoms with van der Waals surface area (Å²) in [7, 11) is -4.08. The van der Waals surface area contributed by atoms with Gasteiger partial charge in [0.2, 0.25) is 10.0 Å². The molecule has 3 rings (SSSR count). The van der Waals surface area contributed by atoms with Crippen molar-refractivity contribution in [2.75, 3.05) is 6.54 Å². The Morgan fingerprint density at radius 2 is 1.94 bits per heavy atom. The molecule has 2 aromatic rings. The molecule has 0 saturated heterocycles. The molecule has 10 heteroatoms. The minimum atomic E-state index is -4.08. The van der Waals surface area contributed by atoms with Gasteiger partial charge in [0.1, 0.15) is 18.1 Å². The lowest BCUT2D eigenvalue weighted by Crippen LogP contribution is -2.29. The summed E-state index contributed by atoms with van der Waals surface area (Å²) in [5.41, 5.74) is 1.32. The van der Waals surface area contributed by atoms with Gasteiger partial charge in [-0.25, -0.2) is 13.4 Å². The van der Waals surface area contributed by atoms with E-state index in [1.165, 1.54) is 12.1 Å². The summed E-state index contributed by atoms with van der Waals surface area (Å²) in [4.78, 5) is 30.7. The first-order valence-corrected chi connectivity index (χ1v) is 12.4. The van der Waals surface area contributed by atoms with Gasteiger partial charge < -0.3 is 14.8 Å². The van der Waals surface area contributed by atoms with Gasteiger partial charge in [-0.3, -0.25) is 9.59 Å². The van der Waals surface area contributed by atoms with Gasteiger partial charge in [0, 0.05) is 5.56 Å². The molecular weight excluding hydrogens is 434 g/mol. The van der Waals surface area contributed by atoms with Crippen molar-refractivity contribution in [2.24, 2.45) is 0 Å². The van der Waals surface area contributed by atoms with Crippen molar-refractivity contribution in [3.63, 3.8) is 0 Å². The average molecular weight is 464 g/mol. The number of aliphatic carboxylic acids is 1. The van der Waals surface area contributed by atoms with Crippen LogP contribution in [0.15, 0.2) is 27.9 Å². The number of nitrogens with one attached hydrogen (secondary N) is 2. The Bertz CT molecular complexity index is 1140. The van der Waals surface area contributed by atoms with E-state index in [1.807, 2.05) is 18.6 Å². The number of sulfonamides is 1. The van der Waals surface area contributed by atoms with Gasteiger partial charge in [-0.2, -0.15) is 4.72 Å². The fourth-order valence-corrected chi connectivity index (χ4v) is 4.90. The Hall–Kier alpha value is -2.72. The molecule has 1 aromatic carbocycles. The highest BCUT2D eigenvalue weighted by Gasteiger charge is 2.23. The van der Waals surface area contributed by atoms with Crippen molar-refractivity contribution >= 4 is 16.0 Å². The topological polar surface area (TPSA) is 138 Å². The van der Waals surface area contributed by atoms with E-state index in [2.05, 4.69) is 9.97 Å². The minimum absolute atomic E-state index is 0.00220. The summed E-state index contributed by atoms with van der Waals surface area (Å²) < 4.78 is 33.5. The van der Waals surface area contributed by atoms with Crippen LogP contribution in [0, 0.1) is 0 Å². The predicted molar refractivity (Wildman–Crippen MR) is 119 cm³/mol. The zero-order valence-corrected chi connectivity index (χ0v) is 19.1. The second-order valence-electron chi connectivity index (χ2n) is 7.80. The summed E-state index contributed by atoms with van der Waals surface area (Å²) in [5.74, 6) is -0.631. The number of carboxylic acid groups (broad SMARTS) is 1. The van der Waals surface area contributed by atoms with E-state index in [-0.39, 0.29) is 22.4 Å². The van der Waals surface area contributed by atoms with Crippen LogP contribution in [-0.2, 0) is 27.7 Å². The van der Waals surface area contributed by atoms with Gasteiger partial charge >= 0.3 is 5.97 Å². The second-order valence-corrected chi connectivity index (χ2v) is 9.57. The van der Waals surface area contributed by atoms with Crippen LogP contribution in [0.4, 0.5) is 0 Å². The van der Waals surface area contributed by atoms with E-state index < -0.39 is 22.5 Å². The van der Waals surface area contributed by atoms with Crippen molar-refractivity contribution in [1.82, 2.24) is 14.7 Å². The maximum atomic E-state index is 12.7. The molecule has 174 valence electrons. The SMILES string of the molecule is CCc1nc(-c2cc(S(=O)(=O)NCC(=O)O)ccc2OC2CCCCC2)[nH]c(=O)c1CC. The van der Waals surface area contributed by atoms with Gasteiger partial charge in [-0.05, 0) is 56.7 Å². The molecule has 1 heterocycles. The quantitative estimate of drug-likeness (QED) is 0.519. The van der Waals surface area contributed by atoms with Crippen LogP contribution < -0.4 is 15.0 Å². The molecule has 9 nitrogen and oxygen atoms in total. The van der Waals surface area contributed by atoms with Crippen molar-refractivity contribution in [2.45, 2.75) is 69.8 Å². The molecule has 0 bridgehead atoms. The summed E-state index contributed by atoms with van der Waals surface area (Å²) in [6.07, 6.45) is 6.17. The van der Waals surface area contributed by atoms with Crippen LogP contribution in [-0.4, -0.2) is 42.1 Å². The number of carboxylic acids is 1. The first-order valence-electron chi connectivity index (χ1n) is 10.9. The predicted octanol–water partition coefficient (Wildman–Crippen LogP) is 2.64. The number of ether oxygens (including phenoxy) is 1. The smallest absolute Gasteiger partial charge is 0.318 e. The molecule has 0 atom stereocenters. The van der Waals surface area contributed by atoms with Crippen LogP contribution in [0.1, 0.15) is 57.2 Å². The molecule has 0 spiro atoms. The second kappa shape index (κ2) is 10.3. The highest BCUT2D eigenvalue weighted by atomic mass is 32.2. The Labute approximate surface area is 187 Å². The van der Waals surface area contributed by atoms with Crippen LogP contribution in [0.3, 0.4) is 0 Å². The molecule has 1 fully saturated rings. The number of nitrogens with zero attached hydrogens (tertiary/aromatic N) is 1. The summed E-state index contributed by atoms with van der Waals surface area (Å²) in [6.45, 7) is 3.04. The Balaban J connectivity index is 2.10. The van der Waals surface area contributed by atoms with E-state index in [0.717, 1.165) is 32.1 Å². The largest absolute Gasteiger partial charge is 0.490 e. The van der Waals surface area contributed by atoms with Crippen LogP contribution in [0.2, 0.25) is 0 Å². The lowest BCUT2D eigenvalue weighted by atomic mass is 9.97. The van der Waals surface area contributed by atoms with Gasteiger partial charge in [-0.15, -0.1) is 0 Å². The summed E-state index contributed by atoms with van der Waals surface area (Å²) in [6, 6.07) is 4.27. The molecule has 1 aromatic heterocycles. The average Bonchev–Trinajstić information content (AvgIpc) is 2.78. The van der Waals surface area contributed by atoms with Crippen molar-refractivity contribution in [3.8, 4) is 17.1 Å². The standard InChI is InChI=1S/C22H29N3O6S/c1-3-16-18(4-2)24-21(25-22(16)28)17-12-15(32(29,30)23-13-20(26)27)10-11-19(17)31-14-8-6-5-7-9-14/h10-12,14,23H,3-9,13H2,1-2H3,(H,26,27)(H,24,25,28). The molecular formula is C22H29N3O6S. The Morgan fingerprint density at radius 1 is 1.22 bits per heavy atom. The number of aromatic amines is 1. The molecule has 1 aliphatic carbocycles. The fourth-order valence-electron chi connectivity index (χ4n) is 3.90. The first kappa shape index (κ1) is 23.9. The molecule has 0 aliphatic heterocycles. The molecule has 0 amide bonds. The number of benzene rings is 1. The third-order valence-corrected chi connectivity index (χ3v) is 6.96. The van der Waals surface area contributed by atoms with E-state index in [4.69, 9.17) is 9.84 Å². The lowest BCUT2D eigenvalue weighted by Gasteiger charge is -2.24. The van der Waals surface area contributed by atoms with Crippen molar-refractivity contribution in [3.05, 3.63) is 39.8 Å². The third kappa shape index (κ3) is 5.55. The molecule has 0 radical (unpaired) electrons. The highest BCUT2D eigenvalue weighted by molar-refractivity contribution is 7.89. The number of aromatic nitrogens is 2. The number of hydrogen-bond acceptors (Lipinski definition) is 6. The molecule has 0 unspecified atom stereocenters. The molecule has 32 heavy (non-hydrogen) atoms. The van der Waals surface area contributed by atoms with Gasteiger partial charge in [0.25, 0.3) is 5.56 Å². The van der Waals surface area contributed by atoms with Gasteiger partial charge in [-0.1, -0.05) is 20.3 Å². The number of H-pyrrole nitrogens is 1. The number of rotatable bonds is 9. The monoisotopic (exact) mass is 463 g/mol. The fraction of sp³-hybridized carbons (Fsp3) is 0.500.